The molecule has 0 bridgehead atoms. The number of rotatable bonds is 1. The second kappa shape index (κ2) is 2.20. The lowest BCUT2D eigenvalue weighted by Crippen LogP contribution is -1.89. The van der Waals surface area contributed by atoms with Gasteiger partial charge in [-0.2, -0.15) is 0 Å². The van der Waals surface area contributed by atoms with Crippen LogP contribution in [0.1, 0.15) is 0 Å². The van der Waals surface area contributed by atoms with Crippen LogP contribution in [0.3, 0.4) is 0 Å². The van der Waals surface area contributed by atoms with Gasteiger partial charge in [0, 0.05) is 0 Å². The Labute approximate surface area is 46.5 Å². The van der Waals surface area contributed by atoms with E-state index in [0.29, 0.717) is 5.88 Å². The summed E-state index contributed by atoms with van der Waals surface area (Å²) in [5, 5.41) is 7.03. The lowest BCUT2D eigenvalue weighted by atomic mass is 10.8. The van der Waals surface area contributed by atoms with Gasteiger partial charge in [0.05, 0.1) is 13.3 Å². The zero-order chi connectivity index (χ0) is 5.82. The number of hydrogen-bond donors (Lipinski definition) is 0. The molecule has 0 spiro atoms. The molecule has 0 atom stereocenters. The van der Waals surface area contributed by atoms with E-state index in [2.05, 4.69) is 19.9 Å². The van der Waals surface area contributed by atoms with Crippen LogP contribution in [0.25, 0.3) is 0 Å². The van der Waals surface area contributed by atoms with Crippen LogP contribution in [0, 0.1) is 0 Å². The van der Waals surface area contributed by atoms with Crippen molar-refractivity contribution in [3.63, 3.8) is 0 Å². The standard InChI is InChI=1S/C4H5N3O/c1-8-4-2-5-3-6-7-4/h2-3H,1H3. The number of aromatic nitrogens is 3. The number of methoxy groups -OCH3 is 1. The van der Waals surface area contributed by atoms with Crippen molar-refractivity contribution >= 4 is 0 Å². The Kier molecular flexibility index (Phi) is 1.37. The first kappa shape index (κ1) is 4.96. The van der Waals surface area contributed by atoms with Crippen LogP contribution in [0.4, 0.5) is 0 Å². The van der Waals surface area contributed by atoms with Crippen molar-refractivity contribution in [1.29, 1.82) is 0 Å². The van der Waals surface area contributed by atoms with E-state index < -0.39 is 0 Å². The van der Waals surface area contributed by atoms with Crippen molar-refractivity contribution in [1.82, 2.24) is 15.2 Å². The van der Waals surface area contributed by atoms with Crippen LogP contribution >= 0.6 is 0 Å². The number of nitrogens with zero attached hydrogens (tertiary/aromatic N) is 3. The van der Waals surface area contributed by atoms with Crippen LogP contribution in [-0.2, 0) is 0 Å². The van der Waals surface area contributed by atoms with Gasteiger partial charge in [0.15, 0.2) is 0 Å². The first-order valence-electron chi connectivity index (χ1n) is 2.10. The lowest BCUT2D eigenvalue weighted by molar-refractivity contribution is 0.389. The van der Waals surface area contributed by atoms with Gasteiger partial charge in [0.2, 0.25) is 0 Å². The summed E-state index contributed by atoms with van der Waals surface area (Å²) in [6.45, 7) is 0. The van der Waals surface area contributed by atoms with Gasteiger partial charge in [-0.3, -0.25) is 0 Å². The molecule has 8 heavy (non-hydrogen) atoms. The second-order valence-corrected chi connectivity index (χ2v) is 1.15. The van der Waals surface area contributed by atoms with Gasteiger partial charge in [-0.15, -0.1) is 10.2 Å². The van der Waals surface area contributed by atoms with E-state index in [9.17, 15) is 0 Å². The lowest BCUT2D eigenvalue weighted by Gasteiger charge is -1.90. The van der Waals surface area contributed by atoms with E-state index in [0.717, 1.165) is 0 Å². The molecule has 0 aliphatic heterocycles. The Hall–Kier alpha value is -1.19. The van der Waals surface area contributed by atoms with E-state index in [1.165, 1.54) is 19.6 Å². The monoisotopic (exact) mass is 111 g/mol. The third-order valence-corrected chi connectivity index (χ3v) is 0.669. The van der Waals surface area contributed by atoms with Crippen LogP contribution in [0.2, 0.25) is 0 Å². The summed E-state index contributed by atoms with van der Waals surface area (Å²) in [5.74, 6) is 0.438. The maximum atomic E-state index is 4.68. The van der Waals surface area contributed by atoms with Crippen LogP contribution in [-0.4, -0.2) is 22.3 Å². The molecule has 4 heteroatoms. The van der Waals surface area contributed by atoms with Gasteiger partial charge in [0.1, 0.15) is 6.33 Å². The van der Waals surface area contributed by atoms with E-state index in [1.807, 2.05) is 0 Å². The first-order valence-corrected chi connectivity index (χ1v) is 2.10. The fourth-order valence-electron chi connectivity index (χ4n) is 0.329. The molecule has 0 aliphatic rings. The Morgan fingerprint density at radius 2 is 2.50 bits per heavy atom. The molecule has 0 aromatic carbocycles. The van der Waals surface area contributed by atoms with Gasteiger partial charge in [-0.05, 0) is 0 Å². The largest absolute Gasteiger partial charge is 0.479 e. The van der Waals surface area contributed by atoms with Crippen molar-refractivity contribution in [2.75, 3.05) is 7.11 Å². The third kappa shape index (κ3) is 0.900. The molecular weight excluding hydrogens is 106 g/mol. The Morgan fingerprint density at radius 3 is 2.88 bits per heavy atom. The minimum absolute atomic E-state index is 0.438. The number of hydrogen-bond acceptors (Lipinski definition) is 4. The predicted octanol–water partition coefficient (Wildman–Crippen LogP) is -0.120. The second-order valence-electron chi connectivity index (χ2n) is 1.15. The summed E-state index contributed by atoms with van der Waals surface area (Å²) < 4.78 is 4.68. The highest BCUT2D eigenvalue weighted by Crippen LogP contribution is 1.94. The topological polar surface area (TPSA) is 47.9 Å². The van der Waals surface area contributed by atoms with Gasteiger partial charge >= 0.3 is 0 Å². The van der Waals surface area contributed by atoms with Gasteiger partial charge < -0.3 is 4.74 Å². The Morgan fingerprint density at radius 1 is 1.62 bits per heavy atom. The molecule has 4 nitrogen and oxygen atoms in total. The SMILES string of the molecule is COc1cncnn1. The highest BCUT2D eigenvalue weighted by atomic mass is 16.5. The molecular formula is C4H5N3O. The fraction of sp³-hybridized carbons (Fsp3) is 0.250. The van der Waals surface area contributed by atoms with Crippen molar-refractivity contribution in [2.45, 2.75) is 0 Å². The van der Waals surface area contributed by atoms with Crippen LogP contribution < -0.4 is 4.74 Å². The molecule has 0 fully saturated rings. The maximum Gasteiger partial charge on any atom is 0.251 e. The third-order valence-electron chi connectivity index (χ3n) is 0.669. The van der Waals surface area contributed by atoms with Crippen molar-refractivity contribution in [2.24, 2.45) is 0 Å². The summed E-state index contributed by atoms with van der Waals surface area (Å²) in [7, 11) is 1.52. The molecule has 42 valence electrons. The van der Waals surface area contributed by atoms with Gasteiger partial charge in [-0.25, -0.2) is 4.98 Å². The number of ether oxygens (including phenoxy) is 1. The minimum Gasteiger partial charge on any atom is -0.479 e. The van der Waals surface area contributed by atoms with E-state index in [-0.39, 0.29) is 0 Å². The van der Waals surface area contributed by atoms with Gasteiger partial charge in [-0.1, -0.05) is 0 Å². The zero-order valence-electron chi connectivity index (χ0n) is 4.40. The quantitative estimate of drug-likeness (QED) is 0.507. The van der Waals surface area contributed by atoms with Crippen molar-refractivity contribution < 1.29 is 4.74 Å². The molecule has 0 unspecified atom stereocenters. The molecule has 1 aromatic heterocycles. The van der Waals surface area contributed by atoms with Crippen LogP contribution in [0.5, 0.6) is 5.88 Å². The Bertz CT molecular complexity index is 153. The minimum atomic E-state index is 0.438. The first-order chi connectivity index (χ1) is 3.93. The molecule has 0 N–H and O–H groups in total. The summed E-state index contributed by atoms with van der Waals surface area (Å²) in [6, 6.07) is 0. The van der Waals surface area contributed by atoms with E-state index >= 15 is 0 Å². The summed E-state index contributed by atoms with van der Waals surface area (Å²) >= 11 is 0. The summed E-state index contributed by atoms with van der Waals surface area (Å²) in [6.07, 6.45) is 2.84. The Balaban J connectivity index is 2.83. The highest BCUT2D eigenvalue weighted by molar-refractivity contribution is 4.96. The van der Waals surface area contributed by atoms with E-state index in [4.69, 9.17) is 0 Å². The predicted molar refractivity (Wildman–Crippen MR) is 26.4 cm³/mol. The fourth-order valence-corrected chi connectivity index (χ4v) is 0.329. The summed E-state index contributed by atoms with van der Waals surface area (Å²) in [5.41, 5.74) is 0. The molecule has 0 radical (unpaired) electrons. The smallest absolute Gasteiger partial charge is 0.251 e. The summed E-state index contributed by atoms with van der Waals surface area (Å²) in [4.78, 5) is 3.66. The molecule has 0 saturated heterocycles. The molecule has 0 amide bonds. The van der Waals surface area contributed by atoms with Crippen molar-refractivity contribution in [3.8, 4) is 5.88 Å². The van der Waals surface area contributed by atoms with Crippen molar-refractivity contribution in [3.05, 3.63) is 12.5 Å². The molecule has 0 aliphatic carbocycles. The zero-order valence-corrected chi connectivity index (χ0v) is 4.40. The average molecular weight is 111 g/mol. The average Bonchev–Trinajstić information content (AvgIpc) is 1.90. The van der Waals surface area contributed by atoms with E-state index in [1.54, 1.807) is 0 Å². The van der Waals surface area contributed by atoms with Gasteiger partial charge in [0.25, 0.3) is 5.88 Å². The molecule has 0 saturated carbocycles. The molecule has 1 heterocycles. The van der Waals surface area contributed by atoms with Crippen LogP contribution in [0.15, 0.2) is 12.5 Å². The normalized spacial score (nSPS) is 8.62. The highest BCUT2D eigenvalue weighted by Gasteiger charge is 1.85. The maximum absolute atomic E-state index is 4.68. The molecule has 1 rings (SSSR count). The molecule has 1 aromatic rings.